The van der Waals surface area contributed by atoms with E-state index in [-0.39, 0.29) is 0 Å². The van der Waals surface area contributed by atoms with E-state index in [1.807, 2.05) is 19.1 Å². The normalized spacial score (nSPS) is 17.3. The van der Waals surface area contributed by atoms with Crippen molar-refractivity contribution in [1.82, 2.24) is 9.97 Å². The third kappa shape index (κ3) is 3.12. The zero-order valence-corrected chi connectivity index (χ0v) is 13.0. The smallest absolute Gasteiger partial charge is 0.129 e. The van der Waals surface area contributed by atoms with E-state index in [0.29, 0.717) is 16.6 Å². The second-order valence-corrected chi connectivity index (χ2v) is 5.81. The minimum Gasteiger partial charge on any atom is -0.368 e. The first-order chi connectivity index (χ1) is 10.7. The lowest BCUT2D eigenvalue weighted by atomic mass is 10.2. The molecule has 1 aromatic heterocycles. The van der Waals surface area contributed by atoms with Crippen LogP contribution in [-0.4, -0.2) is 29.1 Å². The Hall–Kier alpha value is -2.32. The molecule has 3 rings (SSSR count). The molecule has 0 amide bonds. The van der Waals surface area contributed by atoms with Crippen LogP contribution in [-0.2, 0) is 0 Å². The molecule has 2 heterocycles. The van der Waals surface area contributed by atoms with Gasteiger partial charge in [-0.2, -0.15) is 5.26 Å². The summed E-state index contributed by atoms with van der Waals surface area (Å²) >= 11 is 6.28. The van der Waals surface area contributed by atoms with E-state index in [1.54, 1.807) is 18.5 Å². The number of aryl methyl sites for hydroxylation is 1. The maximum absolute atomic E-state index is 8.90. The zero-order chi connectivity index (χ0) is 15.5. The number of rotatable bonds is 3. The van der Waals surface area contributed by atoms with Gasteiger partial charge in [0.25, 0.3) is 0 Å². The number of aromatic nitrogens is 2. The van der Waals surface area contributed by atoms with Crippen LogP contribution in [0.2, 0.25) is 5.02 Å². The molecule has 0 spiro atoms. The average molecular weight is 314 g/mol. The Balaban J connectivity index is 1.69. The molecule has 6 heteroatoms. The number of nitriles is 1. The summed E-state index contributed by atoms with van der Waals surface area (Å²) in [7, 11) is 0. The molecular formula is C16H16ClN5. The largest absolute Gasteiger partial charge is 0.368 e. The van der Waals surface area contributed by atoms with Crippen molar-refractivity contribution < 1.29 is 0 Å². The number of nitrogens with one attached hydrogen (secondary N) is 1. The molecule has 1 fully saturated rings. The Morgan fingerprint density at radius 1 is 1.36 bits per heavy atom. The molecule has 1 aromatic carbocycles. The van der Waals surface area contributed by atoms with Crippen LogP contribution in [0, 0.1) is 18.3 Å². The summed E-state index contributed by atoms with van der Waals surface area (Å²) < 4.78 is 0. The van der Waals surface area contributed by atoms with E-state index in [4.69, 9.17) is 16.9 Å². The van der Waals surface area contributed by atoms with Crippen LogP contribution in [0.3, 0.4) is 0 Å². The predicted octanol–water partition coefficient (Wildman–Crippen LogP) is 3.00. The third-order valence-electron chi connectivity index (χ3n) is 3.76. The maximum Gasteiger partial charge on any atom is 0.129 e. The Morgan fingerprint density at radius 2 is 2.23 bits per heavy atom. The van der Waals surface area contributed by atoms with Crippen molar-refractivity contribution in [2.75, 3.05) is 23.3 Å². The summed E-state index contributed by atoms with van der Waals surface area (Å²) in [6, 6.07) is 9.79. The van der Waals surface area contributed by atoms with Crippen LogP contribution in [0.25, 0.3) is 0 Å². The van der Waals surface area contributed by atoms with Crippen molar-refractivity contribution in [3.8, 4) is 6.07 Å². The van der Waals surface area contributed by atoms with Gasteiger partial charge in [-0.05, 0) is 31.5 Å². The summed E-state index contributed by atoms with van der Waals surface area (Å²) in [5, 5.41) is 13.0. The van der Waals surface area contributed by atoms with Gasteiger partial charge in [0.05, 0.1) is 22.3 Å². The van der Waals surface area contributed by atoms with Crippen molar-refractivity contribution in [2.45, 2.75) is 19.4 Å². The number of benzene rings is 1. The molecule has 112 valence electrons. The van der Waals surface area contributed by atoms with Crippen LogP contribution in [0.15, 0.2) is 30.6 Å². The van der Waals surface area contributed by atoms with E-state index < -0.39 is 0 Å². The monoisotopic (exact) mass is 313 g/mol. The lowest BCUT2D eigenvalue weighted by Gasteiger charge is -2.20. The highest BCUT2D eigenvalue weighted by Gasteiger charge is 2.24. The number of anilines is 2. The van der Waals surface area contributed by atoms with Gasteiger partial charge in [0.1, 0.15) is 12.1 Å². The van der Waals surface area contributed by atoms with Gasteiger partial charge in [0.15, 0.2) is 0 Å². The fourth-order valence-electron chi connectivity index (χ4n) is 2.67. The minimum absolute atomic E-state index is 0.320. The molecule has 0 bridgehead atoms. The van der Waals surface area contributed by atoms with Crippen molar-refractivity contribution in [1.29, 1.82) is 5.26 Å². The Kier molecular flexibility index (Phi) is 4.12. The first-order valence-electron chi connectivity index (χ1n) is 7.15. The van der Waals surface area contributed by atoms with Crippen LogP contribution in [0.5, 0.6) is 0 Å². The van der Waals surface area contributed by atoms with Crippen LogP contribution in [0.1, 0.15) is 17.7 Å². The molecular weight excluding hydrogens is 298 g/mol. The molecule has 0 saturated carbocycles. The van der Waals surface area contributed by atoms with Crippen molar-refractivity contribution in [3.05, 3.63) is 46.9 Å². The van der Waals surface area contributed by atoms with Crippen LogP contribution in [0.4, 0.5) is 11.5 Å². The predicted molar refractivity (Wildman–Crippen MR) is 87.2 cm³/mol. The standard InChI is InChI=1S/C16H16ClN5/c1-11-6-16(20-10-19-11)21-13-4-5-22(9-13)15-3-2-12(8-18)7-14(15)17/h2-3,6-7,10,13H,4-5,9H2,1H3,(H,19,20,21). The second kappa shape index (κ2) is 6.20. The first-order valence-corrected chi connectivity index (χ1v) is 7.53. The lowest BCUT2D eigenvalue weighted by Crippen LogP contribution is -2.26. The van der Waals surface area contributed by atoms with Crippen LogP contribution >= 0.6 is 11.6 Å². The second-order valence-electron chi connectivity index (χ2n) is 5.40. The number of hydrogen-bond donors (Lipinski definition) is 1. The van der Waals surface area contributed by atoms with Gasteiger partial charge >= 0.3 is 0 Å². The summed E-state index contributed by atoms with van der Waals surface area (Å²) in [4.78, 5) is 10.6. The van der Waals surface area contributed by atoms with Gasteiger partial charge in [0, 0.05) is 30.9 Å². The minimum atomic E-state index is 0.320. The third-order valence-corrected chi connectivity index (χ3v) is 4.06. The topological polar surface area (TPSA) is 64.8 Å². The Bertz CT molecular complexity index is 725. The highest BCUT2D eigenvalue weighted by Crippen LogP contribution is 2.30. The molecule has 0 radical (unpaired) electrons. The molecule has 1 aliphatic rings. The summed E-state index contributed by atoms with van der Waals surface area (Å²) in [6.07, 6.45) is 2.58. The molecule has 1 aliphatic heterocycles. The van der Waals surface area contributed by atoms with E-state index in [2.05, 4.69) is 26.3 Å². The molecule has 1 atom stereocenters. The fraction of sp³-hybridized carbons (Fsp3) is 0.312. The Labute approximate surface area is 134 Å². The van der Waals surface area contributed by atoms with E-state index in [9.17, 15) is 0 Å². The van der Waals surface area contributed by atoms with Gasteiger partial charge in [-0.3, -0.25) is 0 Å². The number of hydrogen-bond acceptors (Lipinski definition) is 5. The molecule has 1 N–H and O–H groups in total. The van der Waals surface area contributed by atoms with E-state index in [1.165, 1.54) is 0 Å². The highest BCUT2D eigenvalue weighted by molar-refractivity contribution is 6.33. The van der Waals surface area contributed by atoms with Crippen molar-refractivity contribution >= 4 is 23.1 Å². The van der Waals surface area contributed by atoms with Gasteiger partial charge < -0.3 is 10.2 Å². The van der Waals surface area contributed by atoms with Crippen molar-refractivity contribution in [3.63, 3.8) is 0 Å². The zero-order valence-electron chi connectivity index (χ0n) is 12.3. The molecule has 22 heavy (non-hydrogen) atoms. The molecule has 5 nitrogen and oxygen atoms in total. The van der Waals surface area contributed by atoms with Gasteiger partial charge in [-0.15, -0.1) is 0 Å². The fourth-order valence-corrected chi connectivity index (χ4v) is 2.97. The van der Waals surface area contributed by atoms with Crippen molar-refractivity contribution in [2.24, 2.45) is 0 Å². The SMILES string of the molecule is Cc1cc(NC2CCN(c3ccc(C#N)cc3Cl)C2)ncn1. The number of nitrogens with zero attached hydrogens (tertiary/aromatic N) is 4. The van der Waals surface area contributed by atoms with E-state index in [0.717, 1.165) is 36.7 Å². The lowest BCUT2D eigenvalue weighted by molar-refractivity contribution is 0.798. The average Bonchev–Trinajstić information content (AvgIpc) is 2.95. The van der Waals surface area contributed by atoms with Gasteiger partial charge in [-0.1, -0.05) is 11.6 Å². The summed E-state index contributed by atoms with van der Waals surface area (Å²) in [6.45, 7) is 3.73. The first kappa shape index (κ1) is 14.6. The summed E-state index contributed by atoms with van der Waals surface area (Å²) in [5.41, 5.74) is 2.51. The highest BCUT2D eigenvalue weighted by atomic mass is 35.5. The molecule has 2 aromatic rings. The van der Waals surface area contributed by atoms with Gasteiger partial charge in [-0.25, -0.2) is 9.97 Å². The molecule has 0 aliphatic carbocycles. The van der Waals surface area contributed by atoms with Crippen LogP contribution < -0.4 is 10.2 Å². The summed E-state index contributed by atoms with van der Waals surface area (Å²) in [5.74, 6) is 0.852. The van der Waals surface area contributed by atoms with E-state index >= 15 is 0 Å². The number of halogens is 1. The molecule has 1 unspecified atom stereocenters. The maximum atomic E-state index is 8.90. The quantitative estimate of drug-likeness (QED) is 0.943. The van der Waals surface area contributed by atoms with Gasteiger partial charge in [0.2, 0.25) is 0 Å². The molecule has 1 saturated heterocycles. The Morgan fingerprint density at radius 3 is 2.95 bits per heavy atom.